The Balaban J connectivity index is 2.03. The lowest BCUT2D eigenvalue weighted by Crippen LogP contribution is -2.37. The van der Waals surface area contributed by atoms with Crippen molar-refractivity contribution in [2.24, 2.45) is 5.73 Å². The minimum absolute atomic E-state index is 0.331. The van der Waals surface area contributed by atoms with E-state index in [4.69, 9.17) is 10.5 Å². The van der Waals surface area contributed by atoms with E-state index in [-0.39, 0.29) is 5.97 Å². The number of esters is 1. The quantitative estimate of drug-likeness (QED) is 0.875. The van der Waals surface area contributed by atoms with Gasteiger partial charge >= 0.3 is 5.97 Å². The van der Waals surface area contributed by atoms with Crippen LogP contribution in [-0.2, 0) is 16.0 Å². The van der Waals surface area contributed by atoms with Crippen LogP contribution in [-0.4, -0.2) is 17.6 Å². The Kier molecular flexibility index (Phi) is 4.63. The van der Waals surface area contributed by atoms with Gasteiger partial charge < -0.3 is 10.5 Å². The molecule has 0 saturated heterocycles. The van der Waals surface area contributed by atoms with Crippen LogP contribution in [0.15, 0.2) is 42.5 Å². The van der Waals surface area contributed by atoms with Crippen molar-refractivity contribution in [3.05, 3.63) is 48.0 Å². The van der Waals surface area contributed by atoms with Crippen molar-refractivity contribution in [3.63, 3.8) is 0 Å². The Morgan fingerprint density at radius 1 is 1.14 bits per heavy atom. The summed E-state index contributed by atoms with van der Waals surface area (Å²) in [6.07, 6.45) is 1.35. The first kappa shape index (κ1) is 15.5. The number of fused-ring (bicyclic) bond motifs is 1. The number of hydrogen-bond donors (Lipinski definition) is 1. The van der Waals surface area contributed by atoms with Crippen LogP contribution >= 0.6 is 0 Å². The van der Waals surface area contributed by atoms with Gasteiger partial charge in [-0.1, -0.05) is 42.5 Å². The van der Waals surface area contributed by atoms with Gasteiger partial charge in [-0.05, 0) is 49.9 Å². The molecule has 0 aromatic heterocycles. The molecular formula is C18H23NO2. The van der Waals surface area contributed by atoms with Gasteiger partial charge in [0.25, 0.3) is 0 Å². The highest BCUT2D eigenvalue weighted by atomic mass is 16.6. The molecule has 2 N–H and O–H groups in total. The zero-order valence-electron chi connectivity index (χ0n) is 12.9. The third-order valence-corrected chi connectivity index (χ3v) is 3.31. The predicted molar refractivity (Wildman–Crippen MR) is 86.1 cm³/mol. The third kappa shape index (κ3) is 4.30. The van der Waals surface area contributed by atoms with Crippen molar-refractivity contribution >= 4 is 16.7 Å². The maximum Gasteiger partial charge on any atom is 0.323 e. The first-order chi connectivity index (χ1) is 9.87. The monoisotopic (exact) mass is 285 g/mol. The van der Waals surface area contributed by atoms with Gasteiger partial charge in [-0.3, -0.25) is 4.79 Å². The molecule has 0 aliphatic carbocycles. The van der Waals surface area contributed by atoms with E-state index in [2.05, 4.69) is 24.3 Å². The van der Waals surface area contributed by atoms with Crippen LogP contribution in [0.2, 0.25) is 0 Å². The van der Waals surface area contributed by atoms with Crippen molar-refractivity contribution in [1.82, 2.24) is 0 Å². The first-order valence-electron chi connectivity index (χ1n) is 7.32. The molecule has 2 rings (SSSR count). The average Bonchev–Trinajstić information content (AvgIpc) is 2.42. The van der Waals surface area contributed by atoms with Crippen LogP contribution in [0.5, 0.6) is 0 Å². The summed E-state index contributed by atoms with van der Waals surface area (Å²) < 4.78 is 5.31. The molecule has 0 aliphatic heterocycles. The number of carbonyl (C=O) groups is 1. The zero-order valence-corrected chi connectivity index (χ0v) is 12.9. The number of rotatable bonds is 4. The highest BCUT2D eigenvalue weighted by Crippen LogP contribution is 2.20. The normalized spacial score (nSPS) is 13.1. The van der Waals surface area contributed by atoms with Gasteiger partial charge in [0.1, 0.15) is 11.6 Å². The summed E-state index contributed by atoms with van der Waals surface area (Å²) in [6, 6.07) is 13.9. The Bertz CT molecular complexity index is 623. The fourth-order valence-corrected chi connectivity index (χ4v) is 2.32. The zero-order chi connectivity index (χ0) is 15.5. The van der Waals surface area contributed by atoms with Gasteiger partial charge in [-0.25, -0.2) is 0 Å². The first-order valence-corrected chi connectivity index (χ1v) is 7.32. The SMILES string of the molecule is CC(C)(C)OC(=O)C(N)CCc1cccc2ccccc12. The Labute approximate surface area is 126 Å². The topological polar surface area (TPSA) is 52.3 Å². The second kappa shape index (κ2) is 6.27. The summed E-state index contributed by atoms with van der Waals surface area (Å²) in [4.78, 5) is 11.9. The van der Waals surface area contributed by atoms with Crippen LogP contribution in [0.3, 0.4) is 0 Å². The van der Waals surface area contributed by atoms with Crippen molar-refractivity contribution in [2.75, 3.05) is 0 Å². The summed E-state index contributed by atoms with van der Waals surface area (Å²) in [5, 5.41) is 2.43. The number of benzene rings is 2. The van der Waals surface area contributed by atoms with Crippen LogP contribution in [0.25, 0.3) is 10.8 Å². The fraction of sp³-hybridized carbons (Fsp3) is 0.389. The largest absolute Gasteiger partial charge is 0.459 e. The lowest BCUT2D eigenvalue weighted by Gasteiger charge is -2.22. The second-order valence-corrected chi connectivity index (χ2v) is 6.32. The number of carbonyl (C=O) groups excluding carboxylic acids is 1. The Morgan fingerprint density at radius 3 is 2.52 bits per heavy atom. The number of aryl methyl sites for hydroxylation is 1. The summed E-state index contributed by atoms with van der Waals surface area (Å²) in [6.45, 7) is 5.55. The fourth-order valence-electron chi connectivity index (χ4n) is 2.32. The molecule has 0 amide bonds. The molecule has 1 unspecified atom stereocenters. The van der Waals surface area contributed by atoms with E-state index < -0.39 is 11.6 Å². The van der Waals surface area contributed by atoms with E-state index in [0.29, 0.717) is 6.42 Å². The summed E-state index contributed by atoms with van der Waals surface area (Å²) in [5.74, 6) is -0.331. The van der Waals surface area contributed by atoms with Crippen LogP contribution in [0.4, 0.5) is 0 Å². The molecule has 1 atom stereocenters. The summed E-state index contributed by atoms with van der Waals surface area (Å²) in [7, 11) is 0. The molecule has 112 valence electrons. The number of nitrogens with two attached hydrogens (primary N) is 1. The van der Waals surface area contributed by atoms with Crippen molar-refractivity contribution in [3.8, 4) is 0 Å². The lowest BCUT2D eigenvalue weighted by atomic mass is 9.99. The smallest absolute Gasteiger partial charge is 0.323 e. The summed E-state index contributed by atoms with van der Waals surface area (Å²) in [5.41, 5.74) is 6.66. The van der Waals surface area contributed by atoms with Gasteiger partial charge in [-0.2, -0.15) is 0 Å². The van der Waals surface area contributed by atoms with E-state index >= 15 is 0 Å². The minimum Gasteiger partial charge on any atom is -0.459 e. The highest BCUT2D eigenvalue weighted by Gasteiger charge is 2.22. The molecule has 0 heterocycles. The molecule has 3 nitrogen and oxygen atoms in total. The van der Waals surface area contributed by atoms with Gasteiger partial charge in [0.2, 0.25) is 0 Å². The highest BCUT2D eigenvalue weighted by molar-refractivity contribution is 5.85. The molecule has 3 heteroatoms. The second-order valence-electron chi connectivity index (χ2n) is 6.32. The Hall–Kier alpha value is -1.87. The number of ether oxygens (including phenoxy) is 1. The van der Waals surface area contributed by atoms with Crippen LogP contribution < -0.4 is 5.73 Å². The molecule has 0 fully saturated rings. The van der Waals surface area contributed by atoms with E-state index in [9.17, 15) is 4.79 Å². The van der Waals surface area contributed by atoms with E-state index in [1.807, 2.05) is 39.0 Å². The number of hydrogen-bond acceptors (Lipinski definition) is 3. The van der Waals surface area contributed by atoms with Gasteiger partial charge in [0.15, 0.2) is 0 Å². The van der Waals surface area contributed by atoms with E-state index in [1.165, 1.54) is 16.3 Å². The average molecular weight is 285 g/mol. The molecular weight excluding hydrogens is 262 g/mol. The molecule has 0 radical (unpaired) electrons. The maximum absolute atomic E-state index is 11.9. The maximum atomic E-state index is 11.9. The minimum atomic E-state index is -0.580. The van der Waals surface area contributed by atoms with Gasteiger partial charge in [0.05, 0.1) is 0 Å². The molecule has 0 spiro atoms. The summed E-state index contributed by atoms with van der Waals surface area (Å²) >= 11 is 0. The lowest BCUT2D eigenvalue weighted by molar-refractivity contribution is -0.156. The van der Waals surface area contributed by atoms with Gasteiger partial charge in [-0.15, -0.1) is 0 Å². The van der Waals surface area contributed by atoms with E-state index in [1.54, 1.807) is 0 Å². The Morgan fingerprint density at radius 2 is 1.81 bits per heavy atom. The van der Waals surface area contributed by atoms with Crippen LogP contribution in [0.1, 0.15) is 32.8 Å². The molecule has 21 heavy (non-hydrogen) atoms. The third-order valence-electron chi connectivity index (χ3n) is 3.31. The van der Waals surface area contributed by atoms with E-state index in [0.717, 1.165) is 6.42 Å². The molecule has 0 bridgehead atoms. The molecule has 0 aliphatic rings. The van der Waals surface area contributed by atoms with Crippen LogP contribution in [0, 0.1) is 0 Å². The molecule has 0 saturated carbocycles. The van der Waals surface area contributed by atoms with Crippen molar-refractivity contribution in [1.29, 1.82) is 0 Å². The van der Waals surface area contributed by atoms with Gasteiger partial charge in [0, 0.05) is 0 Å². The standard InChI is InChI=1S/C18H23NO2/c1-18(2,3)21-17(20)16(19)12-11-14-9-6-8-13-7-4-5-10-15(13)14/h4-10,16H,11-12,19H2,1-3H3. The van der Waals surface area contributed by atoms with Crippen molar-refractivity contribution in [2.45, 2.75) is 45.3 Å². The van der Waals surface area contributed by atoms with Crippen molar-refractivity contribution < 1.29 is 9.53 Å². The molecule has 2 aromatic rings. The predicted octanol–water partition coefficient (Wildman–Crippen LogP) is 3.44. The molecule has 2 aromatic carbocycles.